The molecule has 1 heterocycles. The lowest BCUT2D eigenvalue weighted by Gasteiger charge is -2.28. The van der Waals surface area contributed by atoms with E-state index in [1.165, 1.54) is 35.2 Å². The largest absolute Gasteiger partial charge is 0.469 e. The topological polar surface area (TPSA) is 50.4 Å². The molecule has 1 saturated carbocycles. The Hall–Kier alpha value is -2.49. The minimum absolute atomic E-state index is 0.0717. The average molecular weight is 364 g/mol. The van der Waals surface area contributed by atoms with Crippen LogP contribution in [0.25, 0.3) is 11.1 Å². The van der Waals surface area contributed by atoms with Crippen LogP contribution >= 0.6 is 0 Å². The smallest absolute Gasteiger partial charge is 0.305 e. The fourth-order valence-corrected chi connectivity index (χ4v) is 4.39. The fraction of sp³-hybridized carbons (Fsp3) is 0.435. The molecule has 0 atom stereocenters. The number of carbonyl (C=O) groups excluding carboxylic acids is 1. The molecular formula is C23H28N2O2. The van der Waals surface area contributed by atoms with Gasteiger partial charge in [0.05, 0.1) is 18.5 Å². The molecule has 2 N–H and O–H groups in total. The molecule has 1 aliphatic heterocycles. The van der Waals surface area contributed by atoms with E-state index in [4.69, 9.17) is 4.74 Å². The van der Waals surface area contributed by atoms with E-state index in [0.29, 0.717) is 18.3 Å². The van der Waals surface area contributed by atoms with Gasteiger partial charge in [-0.1, -0.05) is 30.3 Å². The number of methoxy groups -OCH3 is 1. The summed E-state index contributed by atoms with van der Waals surface area (Å²) in [5, 5.41) is 6.88. The second-order valence-corrected chi connectivity index (χ2v) is 7.73. The molecule has 0 radical (unpaired) electrons. The second kappa shape index (κ2) is 8.03. The maximum atomic E-state index is 11.5. The number of carbonyl (C=O) groups is 1. The first-order chi connectivity index (χ1) is 13.2. The Morgan fingerprint density at radius 2 is 1.59 bits per heavy atom. The van der Waals surface area contributed by atoms with Gasteiger partial charge in [-0.2, -0.15) is 0 Å². The number of nitrogens with one attached hydrogen (secondary N) is 2. The standard InChI is InChI=1S/C23H28N2O2/c1-27-23(26)14-16-2-4-17(5-3-16)18-6-8-19(9-7-18)20-10-11-21-22(15-20)25-13-12-24-21/h6-11,15-17,24-25H,2-5,12-14H2,1H3/t16-,17-. The molecule has 0 aromatic heterocycles. The van der Waals surface area contributed by atoms with Crippen molar-refractivity contribution in [2.75, 3.05) is 30.8 Å². The van der Waals surface area contributed by atoms with Gasteiger partial charge in [0.25, 0.3) is 0 Å². The third kappa shape index (κ3) is 4.10. The Kier molecular flexibility index (Phi) is 5.33. The number of esters is 1. The molecule has 2 aromatic rings. The maximum absolute atomic E-state index is 11.5. The Morgan fingerprint density at radius 3 is 2.30 bits per heavy atom. The van der Waals surface area contributed by atoms with Crippen LogP contribution in [0, 0.1) is 5.92 Å². The van der Waals surface area contributed by atoms with Crippen LogP contribution in [0.15, 0.2) is 42.5 Å². The van der Waals surface area contributed by atoms with E-state index >= 15 is 0 Å². The SMILES string of the molecule is COC(=O)C[C@H]1CC[C@H](c2ccc(-c3ccc4c(c3)NCCN4)cc2)CC1. The Labute approximate surface area is 161 Å². The van der Waals surface area contributed by atoms with E-state index in [0.717, 1.165) is 38.8 Å². The van der Waals surface area contributed by atoms with Crippen LogP contribution in [0.3, 0.4) is 0 Å². The van der Waals surface area contributed by atoms with Crippen molar-refractivity contribution in [3.63, 3.8) is 0 Å². The van der Waals surface area contributed by atoms with Crippen molar-refractivity contribution in [3.05, 3.63) is 48.0 Å². The van der Waals surface area contributed by atoms with Crippen molar-refractivity contribution in [2.45, 2.75) is 38.0 Å². The van der Waals surface area contributed by atoms with Crippen molar-refractivity contribution in [1.29, 1.82) is 0 Å². The first kappa shape index (κ1) is 17.9. The highest BCUT2D eigenvalue weighted by Gasteiger charge is 2.24. The molecule has 0 saturated heterocycles. The van der Waals surface area contributed by atoms with Crippen LogP contribution in [0.4, 0.5) is 11.4 Å². The average Bonchev–Trinajstić information content (AvgIpc) is 2.74. The minimum Gasteiger partial charge on any atom is -0.469 e. The molecule has 0 unspecified atom stereocenters. The van der Waals surface area contributed by atoms with E-state index < -0.39 is 0 Å². The second-order valence-electron chi connectivity index (χ2n) is 7.73. The van der Waals surface area contributed by atoms with Gasteiger partial charge in [-0.25, -0.2) is 0 Å². The summed E-state index contributed by atoms with van der Waals surface area (Å²) in [7, 11) is 1.48. The third-order valence-electron chi connectivity index (χ3n) is 6.02. The molecule has 4 heteroatoms. The van der Waals surface area contributed by atoms with E-state index in [1.807, 2.05) is 0 Å². The zero-order valence-corrected chi connectivity index (χ0v) is 16.0. The molecule has 1 aliphatic carbocycles. The number of fused-ring (bicyclic) bond motifs is 1. The maximum Gasteiger partial charge on any atom is 0.305 e. The molecule has 0 amide bonds. The molecule has 2 aliphatic rings. The molecule has 0 bridgehead atoms. The molecule has 27 heavy (non-hydrogen) atoms. The highest BCUT2D eigenvalue weighted by atomic mass is 16.5. The summed E-state index contributed by atoms with van der Waals surface area (Å²) >= 11 is 0. The van der Waals surface area contributed by atoms with Crippen molar-refractivity contribution in [1.82, 2.24) is 0 Å². The van der Waals surface area contributed by atoms with Gasteiger partial charge in [-0.05, 0) is 66.3 Å². The summed E-state index contributed by atoms with van der Waals surface area (Å²) in [4.78, 5) is 11.5. The Balaban J connectivity index is 1.40. The van der Waals surface area contributed by atoms with Crippen LogP contribution in [-0.4, -0.2) is 26.2 Å². The van der Waals surface area contributed by atoms with Crippen molar-refractivity contribution in [2.24, 2.45) is 5.92 Å². The monoisotopic (exact) mass is 364 g/mol. The van der Waals surface area contributed by atoms with Gasteiger partial charge in [-0.3, -0.25) is 4.79 Å². The quantitative estimate of drug-likeness (QED) is 0.747. The molecule has 2 aromatic carbocycles. The van der Waals surface area contributed by atoms with Crippen LogP contribution in [0.2, 0.25) is 0 Å². The summed E-state index contributed by atoms with van der Waals surface area (Å²) in [5.41, 5.74) is 6.30. The third-order valence-corrected chi connectivity index (χ3v) is 6.02. The number of hydrogen-bond acceptors (Lipinski definition) is 4. The lowest BCUT2D eigenvalue weighted by molar-refractivity contribution is -0.142. The van der Waals surface area contributed by atoms with Crippen LogP contribution in [0.1, 0.15) is 43.6 Å². The van der Waals surface area contributed by atoms with Gasteiger partial charge in [0.1, 0.15) is 0 Å². The molecule has 1 fully saturated rings. The summed E-state index contributed by atoms with van der Waals surface area (Å²) in [6.07, 6.45) is 5.13. The fourth-order valence-electron chi connectivity index (χ4n) is 4.39. The first-order valence-electron chi connectivity index (χ1n) is 10.0. The van der Waals surface area contributed by atoms with Crippen molar-refractivity contribution >= 4 is 17.3 Å². The zero-order chi connectivity index (χ0) is 18.6. The number of hydrogen-bond donors (Lipinski definition) is 2. The lowest BCUT2D eigenvalue weighted by Crippen LogP contribution is -2.20. The Bertz CT molecular complexity index is 793. The van der Waals surface area contributed by atoms with E-state index in [1.54, 1.807) is 0 Å². The molecular weight excluding hydrogens is 336 g/mol. The van der Waals surface area contributed by atoms with Crippen LogP contribution < -0.4 is 10.6 Å². The number of rotatable bonds is 4. The van der Waals surface area contributed by atoms with Gasteiger partial charge in [-0.15, -0.1) is 0 Å². The van der Waals surface area contributed by atoms with Crippen molar-refractivity contribution < 1.29 is 9.53 Å². The first-order valence-corrected chi connectivity index (χ1v) is 10.0. The Morgan fingerprint density at radius 1 is 0.926 bits per heavy atom. The molecule has 0 spiro atoms. The summed E-state index contributed by atoms with van der Waals surface area (Å²) in [6, 6.07) is 15.6. The summed E-state index contributed by atoms with van der Waals surface area (Å²) in [6.45, 7) is 1.94. The minimum atomic E-state index is -0.0717. The van der Waals surface area contributed by atoms with Crippen LogP contribution in [0.5, 0.6) is 0 Å². The highest BCUT2D eigenvalue weighted by molar-refractivity contribution is 5.78. The van der Waals surface area contributed by atoms with Gasteiger partial charge >= 0.3 is 5.97 Å². The lowest BCUT2D eigenvalue weighted by atomic mass is 9.77. The van der Waals surface area contributed by atoms with Gasteiger partial charge < -0.3 is 15.4 Å². The van der Waals surface area contributed by atoms with Gasteiger partial charge in [0, 0.05) is 19.5 Å². The van der Waals surface area contributed by atoms with Gasteiger partial charge in [0.2, 0.25) is 0 Å². The predicted molar refractivity (Wildman–Crippen MR) is 110 cm³/mol. The number of benzene rings is 2. The van der Waals surface area contributed by atoms with E-state index in [-0.39, 0.29) is 5.97 Å². The normalized spacial score (nSPS) is 21.5. The summed E-state index contributed by atoms with van der Waals surface area (Å²) in [5.74, 6) is 1.03. The molecule has 4 rings (SSSR count). The zero-order valence-electron chi connectivity index (χ0n) is 16.0. The van der Waals surface area contributed by atoms with Crippen molar-refractivity contribution in [3.8, 4) is 11.1 Å². The molecule has 142 valence electrons. The summed E-state index contributed by atoms with van der Waals surface area (Å²) < 4.78 is 4.81. The highest BCUT2D eigenvalue weighted by Crippen LogP contribution is 2.38. The van der Waals surface area contributed by atoms with Crippen LogP contribution in [-0.2, 0) is 9.53 Å². The molecule has 4 nitrogen and oxygen atoms in total. The van der Waals surface area contributed by atoms with Gasteiger partial charge in [0.15, 0.2) is 0 Å². The number of ether oxygens (including phenoxy) is 1. The predicted octanol–water partition coefficient (Wildman–Crippen LogP) is 5.03. The van der Waals surface area contributed by atoms with E-state index in [9.17, 15) is 4.79 Å². The number of anilines is 2. The van der Waals surface area contributed by atoms with E-state index in [2.05, 4.69) is 53.1 Å².